The lowest BCUT2D eigenvalue weighted by Crippen LogP contribution is -2.38. The summed E-state index contributed by atoms with van der Waals surface area (Å²) in [6.45, 7) is 4.36. The summed E-state index contributed by atoms with van der Waals surface area (Å²) in [6.07, 6.45) is 4.72. The number of carboxylic acids is 1. The highest BCUT2D eigenvalue weighted by molar-refractivity contribution is 5.96. The Bertz CT molecular complexity index is 738. The van der Waals surface area contributed by atoms with E-state index in [0.717, 1.165) is 29.9 Å². The van der Waals surface area contributed by atoms with Gasteiger partial charge in [0.05, 0.1) is 6.61 Å². The largest absolute Gasteiger partial charge is 0.494 e. The van der Waals surface area contributed by atoms with Crippen molar-refractivity contribution in [3.8, 4) is 16.9 Å². The van der Waals surface area contributed by atoms with Crippen LogP contribution >= 0.6 is 0 Å². The van der Waals surface area contributed by atoms with Crippen LogP contribution in [0.3, 0.4) is 0 Å². The quantitative estimate of drug-likeness (QED) is 0.604. The van der Waals surface area contributed by atoms with Gasteiger partial charge in [-0.05, 0) is 48.7 Å². The lowest BCUT2D eigenvalue weighted by molar-refractivity contribution is -0.138. The maximum atomic E-state index is 12.0. The first-order valence-corrected chi connectivity index (χ1v) is 9.38. The van der Waals surface area contributed by atoms with Crippen molar-refractivity contribution in [3.63, 3.8) is 0 Å². The van der Waals surface area contributed by atoms with Gasteiger partial charge in [-0.25, -0.2) is 0 Å². The van der Waals surface area contributed by atoms with Crippen LogP contribution in [-0.2, 0) is 4.79 Å². The molecule has 0 aromatic heterocycles. The van der Waals surface area contributed by atoms with Crippen molar-refractivity contribution < 1.29 is 19.4 Å². The molecule has 2 rings (SSSR count). The number of carbonyl (C=O) groups is 2. The zero-order valence-electron chi connectivity index (χ0n) is 15.9. The van der Waals surface area contributed by atoms with Crippen LogP contribution in [-0.4, -0.2) is 29.6 Å². The minimum Gasteiger partial charge on any atom is -0.494 e. The van der Waals surface area contributed by atoms with Crippen LogP contribution in [0.2, 0.25) is 0 Å². The third-order valence-corrected chi connectivity index (χ3v) is 4.32. The van der Waals surface area contributed by atoms with E-state index >= 15 is 0 Å². The van der Waals surface area contributed by atoms with Crippen LogP contribution in [0.4, 0.5) is 0 Å². The summed E-state index contributed by atoms with van der Waals surface area (Å²) in [5, 5.41) is 11.3. The van der Waals surface area contributed by atoms with Gasteiger partial charge in [-0.2, -0.15) is 0 Å². The second kappa shape index (κ2) is 10.4. The Kier molecular flexibility index (Phi) is 7.86. The lowest BCUT2D eigenvalue weighted by Gasteiger charge is -2.10. The SMILES string of the molecule is CCCCCCOc1ccc(-c2ccc(C(=O)N[C@@H](C)C(=O)O)cc2)cc1. The number of nitrogens with one attached hydrogen (secondary N) is 1. The van der Waals surface area contributed by atoms with E-state index in [1.165, 1.54) is 26.2 Å². The Labute approximate surface area is 160 Å². The third-order valence-electron chi connectivity index (χ3n) is 4.32. The van der Waals surface area contributed by atoms with Gasteiger partial charge in [0, 0.05) is 5.56 Å². The van der Waals surface area contributed by atoms with Crippen molar-refractivity contribution >= 4 is 11.9 Å². The molecule has 0 unspecified atom stereocenters. The minimum atomic E-state index is -1.06. The van der Waals surface area contributed by atoms with E-state index in [9.17, 15) is 9.59 Å². The first-order chi connectivity index (χ1) is 13.0. The molecule has 0 bridgehead atoms. The Balaban J connectivity index is 1.92. The van der Waals surface area contributed by atoms with Crippen LogP contribution in [0.1, 0.15) is 49.9 Å². The summed E-state index contributed by atoms with van der Waals surface area (Å²) in [6, 6.07) is 14.0. The monoisotopic (exact) mass is 369 g/mol. The first-order valence-electron chi connectivity index (χ1n) is 9.38. The minimum absolute atomic E-state index is 0.400. The van der Waals surface area contributed by atoms with E-state index in [-0.39, 0.29) is 0 Å². The maximum Gasteiger partial charge on any atom is 0.325 e. The number of aliphatic carboxylic acids is 1. The van der Waals surface area contributed by atoms with Crippen LogP contribution in [0.5, 0.6) is 5.75 Å². The number of carbonyl (C=O) groups excluding carboxylic acids is 1. The lowest BCUT2D eigenvalue weighted by atomic mass is 10.0. The number of ether oxygens (including phenoxy) is 1. The molecule has 5 nitrogen and oxygen atoms in total. The molecule has 1 atom stereocenters. The predicted octanol–water partition coefficient (Wildman–Crippen LogP) is 4.52. The van der Waals surface area contributed by atoms with E-state index in [0.29, 0.717) is 5.56 Å². The molecular weight excluding hydrogens is 342 g/mol. The van der Waals surface area contributed by atoms with Gasteiger partial charge in [-0.15, -0.1) is 0 Å². The molecule has 0 aliphatic carbocycles. The number of hydrogen-bond donors (Lipinski definition) is 2. The van der Waals surface area contributed by atoms with Crippen molar-refractivity contribution in [3.05, 3.63) is 54.1 Å². The summed E-state index contributed by atoms with van der Waals surface area (Å²) in [7, 11) is 0. The Morgan fingerprint density at radius 3 is 2.11 bits per heavy atom. The zero-order chi connectivity index (χ0) is 19.6. The fourth-order valence-corrected chi connectivity index (χ4v) is 2.62. The Morgan fingerprint density at radius 2 is 1.56 bits per heavy atom. The maximum absolute atomic E-state index is 12.0. The fraction of sp³-hybridized carbons (Fsp3) is 0.364. The average Bonchev–Trinajstić information content (AvgIpc) is 2.68. The van der Waals surface area contributed by atoms with E-state index < -0.39 is 17.9 Å². The number of hydrogen-bond acceptors (Lipinski definition) is 3. The molecule has 0 saturated heterocycles. The molecular formula is C22H27NO4. The van der Waals surface area contributed by atoms with Crippen molar-refractivity contribution in [2.75, 3.05) is 6.61 Å². The summed E-state index contributed by atoms with van der Waals surface area (Å²) in [5.41, 5.74) is 2.44. The molecule has 2 aromatic carbocycles. The second-order valence-electron chi connectivity index (χ2n) is 6.54. The van der Waals surface area contributed by atoms with E-state index in [1.54, 1.807) is 12.1 Å². The van der Waals surface area contributed by atoms with Gasteiger partial charge in [0.2, 0.25) is 0 Å². The molecule has 0 fully saturated rings. The van der Waals surface area contributed by atoms with Crippen molar-refractivity contribution in [2.45, 2.75) is 45.6 Å². The van der Waals surface area contributed by atoms with Crippen molar-refractivity contribution in [1.29, 1.82) is 0 Å². The van der Waals surface area contributed by atoms with Crippen molar-refractivity contribution in [2.24, 2.45) is 0 Å². The highest BCUT2D eigenvalue weighted by atomic mass is 16.5. The Morgan fingerprint density at radius 1 is 0.963 bits per heavy atom. The van der Waals surface area contributed by atoms with Gasteiger partial charge in [-0.1, -0.05) is 50.5 Å². The molecule has 144 valence electrons. The Hall–Kier alpha value is -2.82. The number of benzene rings is 2. The van der Waals surface area contributed by atoms with E-state index in [1.807, 2.05) is 36.4 Å². The summed E-state index contributed by atoms with van der Waals surface area (Å²) < 4.78 is 5.75. The average molecular weight is 369 g/mol. The zero-order valence-corrected chi connectivity index (χ0v) is 15.9. The van der Waals surface area contributed by atoms with Gasteiger partial charge in [0.1, 0.15) is 11.8 Å². The highest BCUT2D eigenvalue weighted by Crippen LogP contribution is 2.23. The van der Waals surface area contributed by atoms with Gasteiger partial charge in [-0.3, -0.25) is 9.59 Å². The third kappa shape index (κ3) is 6.44. The first kappa shape index (κ1) is 20.5. The molecule has 0 aliphatic heterocycles. The number of carboxylic acid groups (broad SMARTS) is 1. The van der Waals surface area contributed by atoms with Crippen LogP contribution in [0.15, 0.2) is 48.5 Å². The molecule has 2 N–H and O–H groups in total. The molecule has 1 amide bonds. The standard InChI is InChI=1S/C22H27NO4/c1-3-4-5-6-15-27-20-13-11-18(12-14-20)17-7-9-19(10-8-17)21(24)23-16(2)22(25)26/h7-14,16H,3-6,15H2,1-2H3,(H,23,24)(H,25,26)/t16-/m0/s1. The highest BCUT2D eigenvalue weighted by Gasteiger charge is 2.15. The molecule has 0 radical (unpaired) electrons. The fourth-order valence-electron chi connectivity index (χ4n) is 2.62. The van der Waals surface area contributed by atoms with Gasteiger partial charge in [0.25, 0.3) is 5.91 Å². The predicted molar refractivity (Wildman–Crippen MR) is 106 cm³/mol. The normalized spacial score (nSPS) is 11.6. The van der Waals surface area contributed by atoms with E-state index in [2.05, 4.69) is 12.2 Å². The van der Waals surface area contributed by atoms with Gasteiger partial charge in [0.15, 0.2) is 0 Å². The molecule has 5 heteroatoms. The molecule has 2 aromatic rings. The van der Waals surface area contributed by atoms with Crippen LogP contribution < -0.4 is 10.1 Å². The van der Waals surface area contributed by atoms with Gasteiger partial charge < -0.3 is 15.2 Å². The number of unbranched alkanes of at least 4 members (excludes halogenated alkanes) is 3. The molecule has 0 aliphatic rings. The van der Waals surface area contributed by atoms with Crippen molar-refractivity contribution in [1.82, 2.24) is 5.32 Å². The smallest absolute Gasteiger partial charge is 0.325 e. The van der Waals surface area contributed by atoms with Gasteiger partial charge >= 0.3 is 5.97 Å². The second-order valence-corrected chi connectivity index (χ2v) is 6.54. The molecule has 0 saturated carbocycles. The molecule has 0 spiro atoms. The van der Waals surface area contributed by atoms with E-state index in [4.69, 9.17) is 9.84 Å². The molecule has 0 heterocycles. The van der Waals surface area contributed by atoms with Crippen LogP contribution in [0, 0.1) is 0 Å². The summed E-state index contributed by atoms with van der Waals surface area (Å²) in [4.78, 5) is 22.8. The summed E-state index contributed by atoms with van der Waals surface area (Å²) >= 11 is 0. The van der Waals surface area contributed by atoms with Crippen LogP contribution in [0.25, 0.3) is 11.1 Å². The summed E-state index contributed by atoms with van der Waals surface area (Å²) in [5.74, 6) is -0.607. The number of rotatable bonds is 10. The molecule has 27 heavy (non-hydrogen) atoms. The topological polar surface area (TPSA) is 75.6 Å². The number of amides is 1.